The average Bonchev–Trinajstić information content (AvgIpc) is 2.83. The average molecular weight is 235 g/mol. The number of benzene rings is 1. The van der Waals surface area contributed by atoms with Crippen molar-refractivity contribution in [2.45, 2.75) is 13.0 Å². The summed E-state index contributed by atoms with van der Waals surface area (Å²) in [7, 11) is 1.52. The lowest BCUT2D eigenvalue weighted by Gasteiger charge is -2.15. The number of ether oxygens (including phenoxy) is 3. The van der Waals surface area contributed by atoms with Gasteiger partial charge in [-0.05, 0) is 24.6 Å². The molecule has 2 rings (SSSR count). The van der Waals surface area contributed by atoms with Crippen LogP contribution in [0.15, 0.2) is 12.1 Å². The highest BCUT2D eigenvalue weighted by atomic mass is 16.7. The van der Waals surface area contributed by atoms with Gasteiger partial charge in [-0.15, -0.1) is 0 Å². The Bertz CT molecular complexity index is 466. The van der Waals surface area contributed by atoms with E-state index < -0.39 is 12.0 Å². The van der Waals surface area contributed by atoms with E-state index in [1.165, 1.54) is 7.11 Å². The van der Waals surface area contributed by atoms with E-state index in [0.717, 1.165) is 0 Å². The van der Waals surface area contributed by atoms with E-state index in [1.54, 1.807) is 19.1 Å². The number of hydrogen-bond donors (Lipinski definition) is 1. The van der Waals surface area contributed by atoms with Gasteiger partial charge in [-0.1, -0.05) is 0 Å². The predicted molar refractivity (Wildman–Crippen MR) is 58.9 cm³/mol. The van der Waals surface area contributed by atoms with Gasteiger partial charge in [0.25, 0.3) is 0 Å². The summed E-state index contributed by atoms with van der Waals surface area (Å²) >= 11 is 0. The first-order chi connectivity index (χ1) is 8.17. The number of fused-ring (bicyclic) bond motifs is 1. The fourth-order valence-corrected chi connectivity index (χ4v) is 1.68. The molecule has 0 aliphatic carbocycles. The van der Waals surface area contributed by atoms with Crippen LogP contribution in [0.1, 0.15) is 18.6 Å². The van der Waals surface area contributed by atoms with Crippen molar-refractivity contribution in [2.75, 3.05) is 13.9 Å². The Morgan fingerprint density at radius 3 is 2.88 bits per heavy atom. The summed E-state index contributed by atoms with van der Waals surface area (Å²) in [5.41, 5.74) is 0.583. The molecule has 0 aromatic heterocycles. The molecule has 0 radical (unpaired) electrons. The monoisotopic (exact) mass is 235 g/mol. The maximum absolute atomic E-state index is 9.97. The lowest BCUT2D eigenvalue weighted by atomic mass is 9.98. The van der Waals surface area contributed by atoms with Crippen LogP contribution in [0.2, 0.25) is 0 Å². The highest BCUT2D eigenvalue weighted by molar-refractivity contribution is 5.55. The Kier molecular flexibility index (Phi) is 3.07. The van der Waals surface area contributed by atoms with Crippen LogP contribution in [0, 0.1) is 17.2 Å². The molecule has 0 bridgehead atoms. The van der Waals surface area contributed by atoms with E-state index in [4.69, 9.17) is 19.5 Å². The van der Waals surface area contributed by atoms with Crippen LogP contribution in [0.5, 0.6) is 17.2 Å². The second-order valence-corrected chi connectivity index (χ2v) is 3.82. The van der Waals surface area contributed by atoms with Gasteiger partial charge in [-0.25, -0.2) is 0 Å². The van der Waals surface area contributed by atoms with Gasteiger partial charge in [0.05, 0.1) is 25.2 Å². The van der Waals surface area contributed by atoms with Crippen molar-refractivity contribution in [3.8, 4) is 23.3 Å². The zero-order chi connectivity index (χ0) is 12.4. The molecular weight excluding hydrogens is 222 g/mol. The van der Waals surface area contributed by atoms with E-state index in [9.17, 15) is 5.11 Å². The summed E-state index contributed by atoms with van der Waals surface area (Å²) < 4.78 is 15.7. The smallest absolute Gasteiger partial charge is 0.231 e. The SMILES string of the molecule is COc1cc(C(O)C(C)C#N)cc2c1OCO2. The van der Waals surface area contributed by atoms with Crippen molar-refractivity contribution in [3.63, 3.8) is 0 Å². The maximum Gasteiger partial charge on any atom is 0.231 e. The molecule has 5 nitrogen and oxygen atoms in total. The Balaban J connectivity index is 2.40. The molecule has 90 valence electrons. The zero-order valence-electron chi connectivity index (χ0n) is 9.64. The summed E-state index contributed by atoms with van der Waals surface area (Å²) in [5, 5.41) is 18.8. The summed E-state index contributed by atoms with van der Waals surface area (Å²) in [5.74, 6) is 1.07. The van der Waals surface area contributed by atoms with Crippen LogP contribution in [0.4, 0.5) is 0 Å². The highest BCUT2D eigenvalue weighted by Gasteiger charge is 2.24. The molecule has 1 N–H and O–H groups in total. The number of hydrogen-bond acceptors (Lipinski definition) is 5. The van der Waals surface area contributed by atoms with E-state index in [2.05, 4.69) is 0 Å². The van der Waals surface area contributed by atoms with Gasteiger partial charge < -0.3 is 19.3 Å². The first kappa shape index (κ1) is 11.6. The molecule has 17 heavy (non-hydrogen) atoms. The minimum Gasteiger partial charge on any atom is -0.493 e. The maximum atomic E-state index is 9.97. The van der Waals surface area contributed by atoms with Gasteiger partial charge >= 0.3 is 0 Å². The Morgan fingerprint density at radius 1 is 1.47 bits per heavy atom. The largest absolute Gasteiger partial charge is 0.493 e. The third kappa shape index (κ3) is 1.99. The Hall–Kier alpha value is -1.93. The van der Waals surface area contributed by atoms with Crippen LogP contribution in [0.25, 0.3) is 0 Å². The predicted octanol–water partition coefficient (Wildman–Crippen LogP) is 1.62. The normalized spacial score (nSPS) is 16.1. The van der Waals surface area contributed by atoms with Gasteiger partial charge in [0.2, 0.25) is 12.5 Å². The van der Waals surface area contributed by atoms with Gasteiger partial charge in [0, 0.05) is 0 Å². The second-order valence-electron chi connectivity index (χ2n) is 3.82. The molecule has 0 amide bonds. The molecular formula is C12H13NO4. The molecule has 0 fully saturated rings. The van der Waals surface area contributed by atoms with Gasteiger partial charge in [-0.2, -0.15) is 5.26 Å². The first-order valence-electron chi connectivity index (χ1n) is 5.22. The molecule has 2 atom stereocenters. The lowest BCUT2D eigenvalue weighted by Crippen LogP contribution is -2.07. The molecule has 0 saturated carbocycles. The van der Waals surface area contributed by atoms with Crippen molar-refractivity contribution >= 4 is 0 Å². The summed E-state index contributed by atoms with van der Waals surface area (Å²) in [6, 6.07) is 5.33. The molecule has 1 heterocycles. The van der Waals surface area contributed by atoms with E-state index in [1.807, 2.05) is 6.07 Å². The molecule has 0 spiro atoms. The van der Waals surface area contributed by atoms with Crippen molar-refractivity contribution in [3.05, 3.63) is 17.7 Å². The highest BCUT2D eigenvalue weighted by Crippen LogP contribution is 2.43. The first-order valence-corrected chi connectivity index (χ1v) is 5.22. The number of nitrogens with zero attached hydrogens (tertiary/aromatic N) is 1. The van der Waals surface area contributed by atoms with E-state index in [0.29, 0.717) is 22.8 Å². The number of aliphatic hydroxyl groups excluding tert-OH is 1. The van der Waals surface area contributed by atoms with Crippen LogP contribution in [-0.4, -0.2) is 19.0 Å². The van der Waals surface area contributed by atoms with Crippen molar-refractivity contribution in [1.82, 2.24) is 0 Å². The molecule has 2 unspecified atom stereocenters. The Labute approximate surface area is 99.1 Å². The third-order valence-electron chi connectivity index (χ3n) is 2.70. The molecule has 1 aliphatic heterocycles. The third-order valence-corrected chi connectivity index (χ3v) is 2.70. The summed E-state index contributed by atoms with van der Waals surface area (Å²) in [6.07, 6.45) is -0.872. The molecule has 1 aromatic rings. The minimum atomic E-state index is -0.872. The summed E-state index contributed by atoms with van der Waals surface area (Å²) in [6.45, 7) is 1.79. The zero-order valence-corrected chi connectivity index (χ0v) is 9.64. The van der Waals surface area contributed by atoms with Crippen LogP contribution < -0.4 is 14.2 Å². The Morgan fingerprint density at radius 2 is 2.24 bits per heavy atom. The van der Waals surface area contributed by atoms with Gasteiger partial charge in [-0.3, -0.25) is 0 Å². The fraction of sp³-hybridized carbons (Fsp3) is 0.417. The second kappa shape index (κ2) is 4.52. The number of nitriles is 1. The van der Waals surface area contributed by atoms with Crippen molar-refractivity contribution < 1.29 is 19.3 Å². The van der Waals surface area contributed by atoms with E-state index in [-0.39, 0.29) is 6.79 Å². The van der Waals surface area contributed by atoms with Crippen LogP contribution >= 0.6 is 0 Å². The summed E-state index contributed by atoms with van der Waals surface area (Å²) in [4.78, 5) is 0. The number of methoxy groups -OCH3 is 1. The topological polar surface area (TPSA) is 71.7 Å². The van der Waals surface area contributed by atoms with Crippen LogP contribution in [0.3, 0.4) is 0 Å². The van der Waals surface area contributed by atoms with Crippen LogP contribution in [-0.2, 0) is 0 Å². The minimum absolute atomic E-state index is 0.138. The molecule has 0 saturated heterocycles. The van der Waals surface area contributed by atoms with Crippen molar-refractivity contribution in [2.24, 2.45) is 5.92 Å². The quantitative estimate of drug-likeness (QED) is 0.861. The van der Waals surface area contributed by atoms with Gasteiger partial charge in [0.15, 0.2) is 11.5 Å². The van der Waals surface area contributed by atoms with Gasteiger partial charge in [0.1, 0.15) is 0 Å². The van der Waals surface area contributed by atoms with E-state index >= 15 is 0 Å². The van der Waals surface area contributed by atoms with Crippen molar-refractivity contribution in [1.29, 1.82) is 5.26 Å². The number of rotatable bonds is 3. The molecule has 5 heteroatoms. The molecule has 1 aromatic carbocycles. The standard InChI is InChI=1S/C12H13NO4/c1-7(5-13)11(14)8-3-9(15-2)12-10(4-8)16-6-17-12/h3-4,7,11,14H,6H2,1-2H3. The lowest BCUT2D eigenvalue weighted by molar-refractivity contribution is 0.142. The molecule has 1 aliphatic rings. The number of aliphatic hydroxyl groups is 1. The fourth-order valence-electron chi connectivity index (χ4n) is 1.68.